The van der Waals surface area contributed by atoms with Gasteiger partial charge < -0.3 is 14.1 Å². The first-order valence-corrected chi connectivity index (χ1v) is 7.76. The second kappa shape index (κ2) is 7.51. The van der Waals surface area contributed by atoms with Gasteiger partial charge in [0.25, 0.3) is 5.91 Å². The molecule has 4 nitrogen and oxygen atoms in total. The lowest BCUT2D eigenvalue weighted by atomic mass is 10.1. The fourth-order valence-electron chi connectivity index (χ4n) is 2.53. The molecule has 0 aliphatic heterocycles. The summed E-state index contributed by atoms with van der Waals surface area (Å²) in [7, 11) is 1.59. The second-order valence-corrected chi connectivity index (χ2v) is 5.46. The van der Waals surface area contributed by atoms with E-state index in [0.29, 0.717) is 24.4 Å². The molecule has 24 heavy (non-hydrogen) atoms. The van der Waals surface area contributed by atoms with Gasteiger partial charge in [-0.05, 0) is 35.9 Å². The average Bonchev–Trinajstić information content (AvgIpc) is 3.14. The molecule has 0 bridgehead atoms. The maximum absolute atomic E-state index is 13.0. The first kappa shape index (κ1) is 15.9. The van der Waals surface area contributed by atoms with Crippen molar-refractivity contribution >= 4 is 5.91 Å². The Morgan fingerprint density at radius 3 is 2.54 bits per heavy atom. The number of nitrogens with zero attached hydrogens (tertiary/aromatic N) is 1. The van der Waals surface area contributed by atoms with Crippen LogP contribution in [-0.2, 0) is 13.1 Å². The van der Waals surface area contributed by atoms with Crippen LogP contribution in [0.3, 0.4) is 0 Å². The van der Waals surface area contributed by atoms with Crippen molar-refractivity contribution in [3.05, 3.63) is 89.9 Å². The molecule has 122 valence electrons. The maximum atomic E-state index is 13.0. The van der Waals surface area contributed by atoms with E-state index in [9.17, 15) is 4.79 Å². The molecule has 0 aliphatic rings. The van der Waals surface area contributed by atoms with Crippen LogP contribution >= 0.6 is 0 Å². The van der Waals surface area contributed by atoms with Crippen LogP contribution < -0.4 is 4.74 Å². The Morgan fingerprint density at radius 1 is 1.00 bits per heavy atom. The van der Waals surface area contributed by atoms with E-state index in [4.69, 9.17) is 9.15 Å². The number of methoxy groups -OCH3 is 1. The van der Waals surface area contributed by atoms with Crippen LogP contribution in [0, 0.1) is 0 Å². The first-order chi connectivity index (χ1) is 11.8. The summed E-state index contributed by atoms with van der Waals surface area (Å²) in [5, 5.41) is 0. The van der Waals surface area contributed by atoms with E-state index in [0.717, 1.165) is 11.3 Å². The van der Waals surface area contributed by atoms with Gasteiger partial charge in [-0.1, -0.05) is 36.4 Å². The smallest absolute Gasteiger partial charge is 0.254 e. The molecule has 4 heteroatoms. The van der Waals surface area contributed by atoms with E-state index < -0.39 is 0 Å². The van der Waals surface area contributed by atoms with Gasteiger partial charge in [-0.2, -0.15) is 0 Å². The Morgan fingerprint density at radius 2 is 1.83 bits per heavy atom. The Bertz CT molecular complexity index is 782. The standard InChI is InChI=1S/C20H19NO3/c1-23-18-10-5-9-17(13-18)20(22)21(15-19-11-6-12-24-19)14-16-7-3-2-4-8-16/h2-13H,14-15H2,1H3. The number of ether oxygens (including phenoxy) is 1. The number of carbonyl (C=O) groups is 1. The second-order valence-electron chi connectivity index (χ2n) is 5.46. The number of carbonyl (C=O) groups excluding carboxylic acids is 1. The van der Waals surface area contributed by atoms with Crippen molar-refractivity contribution in [3.63, 3.8) is 0 Å². The summed E-state index contributed by atoms with van der Waals surface area (Å²) < 4.78 is 10.6. The topological polar surface area (TPSA) is 42.7 Å². The lowest BCUT2D eigenvalue weighted by molar-refractivity contribution is 0.0717. The summed E-state index contributed by atoms with van der Waals surface area (Å²) in [6, 6.07) is 20.8. The Labute approximate surface area is 141 Å². The van der Waals surface area contributed by atoms with Crippen LogP contribution in [0.1, 0.15) is 21.7 Å². The maximum Gasteiger partial charge on any atom is 0.254 e. The number of amides is 1. The predicted molar refractivity (Wildman–Crippen MR) is 91.7 cm³/mol. The molecular weight excluding hydrogens is 302 g/mol. The van der Waals surface area contributed by atoms with Gasteiger partial charge in [0.05, 0.1) is 19.9 Å². The zero-order chi connectivity index (χ0) is 16.8. The van der Waals surface area contributed by atoms with E-state index in [1.165, 1.54) is 0 Å². The fraction of sp³-hybridized carbons (Fsp3) is 0.150. The summed E-state index contributed by atoms with van der Waals surface area (Å²) in [5.74, 6) is 1.36. The van der Waals surface area contributed by atoms with E-state index >= 15 is 0 Å². The van der Waals surface area contributed by atoms with E-state index in [-0.39, 0.29) is 5.91 Å². The lowest BCUT2D eigenvalue weighted by Gasteiger charge is -2.22. The van der Waals surface area contributed by atoms with Gasteiger partial charge >= 0.3 is 0 Å². The van der Waals surface area contributed by atoms with Crippen molar-refractivity contribution in [2.75, 3.05) is 7.11 Å². The van der Waals surface area contributed by atoms with Crippen molar-refractivity contribution in [2.45, 2.75) is 13.1 Å². The Kier molecular flexibility index (Phi) is 4.96. The molecule has 3 aromatic rings. The zero-order valence-corrected chi connectivity index (χ0v) is 13.5. The van der Waals surface area contributed by atoms with Crippen molar-refractivity contribution in [2.24, 2.45) is 0 Å². The monoisotopic (exact) mass is 321 g/mol. The first-order valence-electron chi connectivity index (χ1n) is 7.76. The Balaban J connectivity index is 1.86. The van der Waals surface area contributed by atoms with Crippen LogP contribution in [0.25, 0.3) is 0 Å². The SMILES string of the molecule is COc1cccc(C(=O)N(Cc2ccccc2)Cc2ccco2)c1. The highest BCUT2D eigenvalue weighted by Gasteiger charge is 2.18. The number of furan rings is 1. The minimum atomic E-state index is -0.0610. The molecule has 0 saturated carbocycles. The van der Waals surface area contributed by atoms with Crippen LogP contribution in [0.4, 0.5) is 0 Å². The molecule has 0 fully saturated rings. The van der Waals surface area contributed by atoms with Crippen LogP contribution in [0.2, 0.25) is 0 Å². The van der Waals surface area contributed by atoms with Gasteiger partial charge in [0.2, 0.25) is 0 Å². The van der Waals surface area contributed by atoms with Crippen LogP contribution in [-0.4, -0.2) is 17.9 Å². The molecule has 0 aliphatic carbocycles. The van der Waals surface area contributed by atoms with Gasteiger partial charge in [-0.15, -0.1) is 0 Å². The molecule has 1 amide bonds. The molecule has 3 rings (SSSR count). The van der Waals surface area contributed by atoms with E-state index in [1.807, 2.05) is 54.6 Å². The van der Waals surface area contributed by atoms with Crippen molar-refractivity contribution < 1.29 is 13.9 Å². The molecule has 1 aromatic heterocycles. The van der Waals surface area contributed by atoms with E-state index in [1.54, 1.807) is 30.4 Å². The average molecular weight is 321 g/mol. The number of rotatable bonds is 6. The molecule has 0 saturated heterocycles. The minimum absolute atomic E-state index is 0.0610. The third kappa shape index (κ3) is 3.84. The normalized spacial score (nSPS) is 10.4. The van der Waals surface area contributed by atoms with Crippen molar-refractivity contribution in [1.29, 1.82) is 0 Å². The van der Waals surface area contributed by atoms with Gasteiger partial charge in [0.15, 0.2) is 0 Å². The number of hydrogen-bond acceptors (Lipinski definition) is 3. The third-order valence-corrected chi connectivity index (χ3v) is 3.75. The summed E-state index contributed by atoms with van der Waals surface area (Å²) >= 11 is 0. The lowest BCUT2D eigenvalue weighted by Crippen LogP contribution is -2.30. The van der Waals surface area contributed by atoms with Gasteiger partial charge in [0.1, 0.15) is 11.5 Å². The van der Waals surface area contributed by atoms with Gasteiger partial charge in [-0.3, -0.25) is 4.79 Å². The van der Waals surface area contributed by atoms with Crippen molar-refractivity contribution in [1.82, 2.24) is 4.90 Å². The summed E-state index contributed by atoms with van der Waals surface area (Å²) in [5.41, 5.74) is 1.66. The molecule has 0 N–H and O–H groups in total. The highest BCUT2D eigenvalue weighted by molar-refractivity contribution is 5.94. The van der Waals surface area contributed by atoms with Gasteiger partial charge in [0, 0.05) is 12.1 Å². The molecule has 1 heterocycles. The fourth-order valence-corrected chi connectivity index (χ4v) is 2.53. The third-order valence-electron chi connectivity index (χ3n) is 3.75. The Hall–Kier alpha value is -3.01. The summed E-state index contributed by atoms with van der Waals surface area (Å²) in [6.07, 6.45) is 1.62. The summed E-state index contributed by atoms with van der Waals surface area (Å²) in [6.45, 7) is 0.926. The number of benzene rings is 2. The molecule has 0 unspecified atom stereocenters. The van der Waals surface area contributed by atoms with Crippen LogP contribution in [0.15, 0.2) is 77.4 Å². The minimum Gasteiger partial charge on any atom is -0.497 e. The number of hydrogen-bond donors (Lipinski definition) is 0. The molecular formula is C20H19NO3. The predicted octanol–water partition coefficient (Wildman–Crippen LogP) is 4.13. The van der Waals surface area contributed by atoms with E-state index in [2.05, 4.69) is 0 Å². The summed E-state index contributed by atoms with van der Waals surface area (Å²) in [4.78, 5) is 14.7. The van der Waals surface area contributed by atoms with Crippen molar-refractivity contribution in [3.8, 4) is 5.75 Å². The molecule has 0 radical (unpaired) electrons. The molecule has 0 spiro atoms. The molecule has 2 aromatic carbocycles. The van der Waals surface area contributed by atoms with Crippen LogP contribution in [0.5, 0.6) is 5.75 Å². The largest absolute Gasteiger partial charge is 0.497 e. The van der Waals surface area contributed by atoms with Gasteiger partial charge in [-0.25, -0.2) is 0 Å². The molecule has 0 atom stereocenters. The zero-order valence-electron chi connectivity index (χ0n) is 13.5. The highest BCUT2D eigenvalue weighted by Crippen LogP contribution is 2.18. The highest BCUT2D eigenvalue weighted by atomic mass is 16.5. The quantitative estimate of drug-likeness (QED) is 0.685.